The van der Waals surface area contributed by atoms with Crippen molar-refractivity contribution in [1.29, 1.82) is 0 Å². The molecule has 0 fully saturated rings. The number of hydrogen-bond acceptors (Lipinski definition) is 3. The number of nitrogens with zero attached hydrogens (tertiary/aromatic N) is 2. The number of hydrogen-bond donors (Lipinski definition) is 1. The minimum atomic E-state index is -0.833. The van der Waals surface area contributed by atoms with Crippen molar-refractivity contribution in [2.24, 2.45) is 0 Å². The molecule has 128 valence electrons. The monoisotopic (exact) mass is 420 g/mol. The van der Waals surface area contributed by atoms with Crippen LogP contribution in [0.4, 0.5) is 0 Å². The van der Waals surface area contributed by atoms with Gasteiger partial charge < -0.3 is 10.0 Å². The normalized spacial score (nSPS) is 11.0. The molecule has 0 spiro atoms. The molecule has 1 aromatic heterocycles. The third-order valence-electron chi connectivity index (χ3n) is 3.18. The number of aromatic nitrogens is 1. The topological polar surface area (TPSA) is 53.4 Å². The number of pyridine rings is 1. The molecular formula is C18H25BrCaN2O2. The summed E-state index contributed by atoms with van der Waals surface area (Å²) in [5.41, 5.74) is 2.47. The molecule has 2 rings (SSSR count). The molecule has 0 aliphatic heterocycles. The predicted octanol–water partition coefficient (Wildman–Crippen LogP) is 3.10. The second-order valence-electron chi connectivity index (χ2n) is 5.47. The summed E-state index contributed by atoms with van der Waals surface area (Å²) in [4.78, 5) is 15.7. The van der Waals surface area contributed by atoms with Crippen LogP contribution in [0.2, 0.25) is 0 Å². The van der Waals surface area contributed by atoms with E-state index in [1.165, 1.54) is 5.56 Å². The quantitative estimate of drug-likeness (QED) is 0.754. The van der Waals surface area contributed by atoms with Gasteiger partial charge in [0.15, 0.2) is 0 Å². The Morgan fingerprint density at radius 3 is 2.25 bits per heavy atom. The molecule has 0 aliphatic rings. The van der Waals surface area contributed by atoms with E-state index >= 15 is 0 Å². The molecule has 0 bridgehead atoms. The molecule has 6 heteroatoms. The molecule has 4 nitrogen and oxygen atoms in total. The second-order valence-corrected chi connectivity index (χ2v) is 6.39. The number of carboxylic acid groups (broad SMARTS) is 1. The Balaban J connectivity index is 0.000000954. The number of aliphatic carboxylic acids is 1. The van der Waals surface area contributed by atoms with Crippen molar-refractivity contribution >= 4 is 59.6 Å². The molecule has 0 aliphatic carbocycles. The minimum absolute atomic E-state index is 0. The van der Waals surface area contributed by atoms with Crippen LogP contribution in [0.5, 0.6) is 0 Å². The van der Waals surface area contributed by atoms with E-state index in [0.29, 0.717) is 5.92 Å². The number of carboxylic acids is 1. The Labute approximate surface area is 182 Å². The van der Waals surface area contributed by atoms with E-state index in [9.17, 15) is 0 Å². The first kappa shape index (κ1) is 23.5. The number of benzene rings is 1. The van der Waals surface area contributed by atoms with E-state index in [2.05, 4.69) is 76.3 Å². The molecule has 1 atom stereocenters. The SMILES string of the molecule is CC(=O)O.CN(C)CCC(c1ccc(Br)cc1)c1ccccn1.[CaH2]. The van der Waals surface area contributed by atoms with Gasteiger partial charge in [-0.1, -0.05) is 34.1 Å². The zero-order chi connectivity index (χ0) is 17.2. The Morgan fingerprint density at radius 1 is 1.21 bits per heavy atom. The average molecular weight is 421 g/mol. The van der Waals surface area contributed by atoms with Crippen molar-refractivity contribution in [2.75, 3.05) is 20.6 Å². The van der Waals surface area contributed by atoms with Gasteiger partial charge in [-0.15, -0.1) is 0 Å². The van der Waals surface area contributed by atoms with Crippen LogP contribution < -0.4 is 0 Å². The molecule has 0 saturated heterocycles. The number of carbonyl (C=O) groups is 1. The zero-order valence-corrected chi connectivity index (χ0v) is 15.3. The van der Waals surface area contributed by atoms with Gasteiger partial charge in [-0.3, -0.25) is 9.78 Å². The predicted molar refractivity (Wildman–Crippen MR) is 105 cm³/mol. The van der Waals surface area contributed by atoms with Crippen LogP contribution in [0.25, 0.3) is 0 Å². The molecule has 0 radical (unpaired) electrons. The van der Waals surface area contributed by atoms with Crippen molar-refractivity contribution in [3.63, 3.8) is 0 Å². The van der Waals surface area contributed by atoms with Gasteiger partial charge in [-0.2, -0.15) is 0 Å². The van der Waals surface area contributed by atoms with Gasteiger partial charge >= 0.3 is 37.7 Å². The molecule has 0 saturated carbocycles. The average Bonchev–Trinajstić information content (AvgIpc) is 2.49. The van der Waals surface area contributed by atoms with Gasteiger partial charge in [0.2, 0.25) is 0 Å². The van der Waals surface area contributed by atoms with Crippen molar-refractivity contribution in [1.82, 2.24) is 9.88 Å². The Bertz CT molecular complexity index is 588. The Hall–Kier alpha value is -0.460. The molecule has 1 aromatic carbocycles. The molecule has 2 aromatic rings. The first-order valence-electron chi connectivity index (χ1n) is 7.40. The van der Waals surface area contributed by atoms with Crippen LogP contribution in [-0.2, 0) is 4.79 Å². The van der Waals surface area contributed by atoms with Gasteiger partial charge in [-0.25, -0.2) is 0 Å². The van der Waals surface area contributed by atoms with E-state index in [1.807, 2.05) is 12.3 Å². The van der Waals surface area contributed by atoms with Crippen LogP contribution in [0, 0.1) is 0 Å². The summed E-state index contributed by atoms with van der Waals surface area (Å²) in [5, 5.41) is 7.42. The standard InChI is InChI=1S/C16H19BrN2.C2H4O2.Ca.2H/c1-19(2)12-10-15(16-5-3-4-11-18-16)13-6-8-14(17)9-7-13;1-2(3)4;;;/h3-9,11,15H,10,12H2,1-2H3;1H3,(H,3,4);;;. The van der Waals surface area contributed by atoms with Gasteiger partial charge in [-0.05, 0) is 56.9 Å². The van der Waals surface area contributed by atoms with Crippen molar-refractivity contribution < 1.29 is 9.90 Å². The van der Waals surface area contributed by atoms with Crippen LogP contribution in [0.1, 0.15) is 30.5 Å². The summed E-state index contributed by atoms with van der Waals surface area (Å²) in [7, 11) is 4.22. The fourth-order valence-corrected chi connectivity index (χ4v) is 2.41. The molecule has 0 amide bonds. The van der Waals surface area contributed by atoms with Crippen LogP contribution in [0.3, 0.4) is 0 Å². The van der Waals surface area contributed by atoms with E-state index < -0.39 is 5.97 Å². The molecule has 1 N–H and O–H groups in total. The summed E-state index contributed by atoms with van der Waals surface area (Å²) >= 11 is 3.49. The molecular weight excluding hydrogens is 396 g/mol. The van der Waals surface area contributed by atoms with Gasteiger partial charge in [0, 0.05) is 29.2 Å². The summed E-state index contributed by atoms with van der Waals surface area (Å²) in [6, 6.07) is 14.7. The van der Waals surface area contributed by atoms with Crippen LogP contribution in [-0.4, -0.2) is 79.3 Å². The molecule has 24 heavy (non-hydrogen) atoms. The maximum absolute atomic E-state index is 9.00. The van der Waals surface area contributed by atoms with E-state index in [1.54, 1.807) is 0 Å². The Morgan fingerprint density at radius 2 is 1.79 bits per heavy atom. The van der Waals surface area contributed by atoms with Crippen molar-refractivity contribution in [3.8, 4) is 0 Å². The molecule has 1 unspecified atom stereocenters. The van der Waals surface area contributed by atoms with E-state index in [0.717, 1.165) is 30.1 Å². The third-order valence-corrected chi connectivity index (χ3v) is 3.71. The summed E-state index contributed by atoms with van der Waals surface area (Å²) in [5.74, 6) is -0.475. The first-order chi connectivity index (χ1) is 10.9. The van der Waals surface area contributed by atoms with Crippen LogP contribution in [0.15, 0.2) is 53.1 Å². The summed E-state index contributed by atoms with van der Waals surface area (Å²) in [6.45, 7) is 2.14. The molecule has 1 heterocycles. The third kappa shape index (κ3) is 9.74. The first-order valence-corrected chi connectivity index (χ1v) is 8.20. The van der Waals surface area contributed by atoms with Gasteiger partial charge in [0.25, 0.3) is 5.97 Å². The zero-order valence-electron chi connectivity index (χ0n) is 13.7. The fraction of sp³-hybridized carbons (Fsp3) is 0.333. The van der Waals surface area contributed by atoms with Crippen LogP contribution >= 0.6 is 15.9 Å². The van der Waals surface area contributed by atoms with E-state index in [4.69, 9.17) is 9.90 Å². The van der Waals surface area contributed by atoms with Crippen molar-refractivity contribution in [2.45, 2.75) is 19.3 Å². The van der Waals surface area contributed by atoms with E-state index in [-0.39, 0.29) is 37.7 Å². The van der Waals surface area contributed by atoms with Crippen molar-refractivity contribution in [3.05, 3.63) is 64.4 Å². The number of rotatable bonds is 5. The second kappa shape index (κ2) is 12.8. The fourth-order valence-electron chi connectivity index (χ4n) is 2.15. The Kier molecular flexibility index (Phi) is 12.6. The summed E-state index contributed by atoms with van der Waals surface area (Å²) < 4.78 is 1.11. The summed E-state index contributed by atoms with van der Waals surface area (Å²) in [6.07, 6.45) is 2.95. The number of halogens is 1. The van der Waals surface area contributed by atoms with Gasteiger partial charge in [0.05, 0.1) is 0 Å². The van der Waals surface area contributed by atoms with Gasteiger partial charge in [0.1, 0.15) is 0 Å². The maximum atomic E-state index is 9.00.